The number of anilines is 2. The number of pyridine rings is 1. The van der Waals surface area contributed by atoms with Gasteiger partial charge in [0.1, 0.15) is 5.82 Å². The third kappa shape index (κ3) is 4.54. The van der Waals surface area contributed by atoms with Crippen LogP contribution in [0.4, 0.5) is 15.7 Å². The Kier molecular flexibility index (Phi) is 6.46. The van der Waals surface area contributed by atoms with Crippen molar-refractivity contribution in [3.63, 3.8) is 0 Å². The van der Waals surface area contributed by atoms with E-state index in [2.05, 4.69) is 15.3 Å². The van der Waals surface area contributed by atoms with E-state index < -0.39 is 5.97 Å². The molecule has 1 atom stereocenters. The van der Waals surface area contributed by atoms with E-state index >= 15 is 0 Å². The second-order valence-corrected chi connectivity index (χ2v) is 6.52. The fourth-order valence-electron chi connectivity index (χ4n) is 2.60. The van der Waals surface area contributed by atoms with Crippen molar-refractivity contribution in [2.45, 2.75) is 46.1 Å². The average Bonchev–Trinajstić information content (AvgIpc) is 3.08. The molecule has 2 heterocycles. The van der Waals surface area contributed by atoms with Gasteiger partial charge >= 0.3 is 12.0 Å². The molecular formula is C17H22N4O3S. The summed E-state index contributed by atoms with van der Waals surface area (Å²) < 4.78 is 0. The van der Waals surface area contributed by atoms with Crippen LogP contribution in [0.5, 0.6) is 0 Å². The highest BCUT2D eigenvalue weighted by molar-refractivity contribution is 7.13. The van der Waals surface area contributed by atoms with Gasteiger partial charge in [-0.1, -0.05) is 26.3 Å². The molecular weight excluding hydrogens is 340 g/mol. The molecule has 2 aromatic rings. The Balaban J connectivity index is 2.45. The Labute approximate surface area is 150 Å². The molecule has 2 rings (SSSR count). The minimum Gasteiger partial charge on any atom is -0.477 e. The molecule has 7 nitrogen and oxygen atoms in total. The average molecular weight is 362 g/mol. The zero-order valence-electron chi connectivity index (χ0n) is 14.5. The van der Waals surface area contributed by atoms with E-state index in [4.69, 9.17) is 0 Å². The molecule has 1 unspecified atom stereocenters. The van der Waals surface area contributed by atoms with Crippen LogP contribution in [0.3, 0.4) is 0 Å². The Morgan fingerprint density at radius 3 is 2.68 bits per heavy atom. The van der Waals surface area contributed by atoms with Crippen molar-refractivity contribution in [3.05, 3.63) is 35.0 Å². The maximum atomic E-state index is 12.9. The van der Waals surface area contributed by atoms with Gasteiger partial charge in [0, 0.05) is 17.6 Å². The third-order valence-electron chi connectivity index (χ3n) is 3.84. The minimum absolute atomic E-state index is 0.0831. The number of hydrogen-bond donors (Lipinski definition) is 2. The quantitative estimate of drug-likeness (QED) is 0.771. The molecule has 2 amide bonds. The maximum absolute atomic E-state index is 12.9. The van der Waals surface area contributed by atoms with E-state index in [0.717, 1.165) is 24.8 Å². The summed E-state index contributed by atoms with van der Waals surface area (Å²) >= 11 is 1.32. The van der Waals surface area contributed by atoms with Crippen LogP contribution in [-0.2, 0) is 0 Å². The maximum Gasteiger partial charge on any atom is 0.354 e. The smallest absolute Gasteiger partial charge is 0.354 e. The van der Waals surface area contributed by atoms with Gasteiger partial charge < -0.3 is 5.11 Å². The van der Waals surface area contributed by atoms with Gasteiger partial charge in [-0.25, -0.2) is 19.6 Å². The molecule has 0 saturated heterocycles. The van der Waals surface area contributed by atoms with E-state index in [0.29, 0.717) is 10.9 Å². The Morgan fingerprint density at radius 2 is 2.12 bits per heavy atom. The summed E-state index contributed by atoms with van der Waals surface area (Å²) in [6, 6.07) is 2.68. The number of aromatic nitrogens is 2. The number of aromatic carboxylic acids is 1. The Bertz CT molecular complexity index is 733. The summed E-state index contributed by atoms with van der Waals surface area (Å²) in [7, 11) is 0. The summed E-state index contributed by atoms with van der Waals surface area (Å²) in [4.78, 5) is 34.1. The number of urea groups is 1. The zero-order valence-corrected chi connectivity index (χ0v) is 15.3. The first-order chi connectivity index (χ1) is 12.0. The molecule has 134 valence electrons. The lowest BCUT2D eigenvalue weighted by Crippen LogP contribution is -2.44. The fraction of sp³-hybridized carbons (Fsp3) is 0.412. The lowest BCUT2D eigenvalue weighted by Gasteiger charge is -2.31. The van der Waals surface area contributed by atoms with Crippen LogP contribution in [0.2, 0.25) is 0 Å². The number of rotatable bonds is 7. The van der Waals surface area contributed by atoms with Crippen molar-refractivity contribution in [2.75, 3.05) is 10.2 Å². The summed E-state index contributed by atoms with van der Waals surface area (Å²) in [6.45, 7) is 5.87. The fourth-order valence-corrected chi connectivity index (χ4v) is 3.12. The molecule has 8 heteroatoms. The van der Waals surface area contributed by atoms with Crippen LogP contribution >= 0.6 is 11.3 Å². The first-order valence-electron chi connectivity index (χ1n) is 8.18. The molecule has 0 bridgehead atoms. The van der Waals surface area contributed by atoms with Crippen LogP contribution < -0.4 is 10.2 Å². The van der Waals surface area contributed by atoms with Gasteiger partial charge in [0.05, 0.1) is 0 Å². The summed E-state index contributed by atoms with van der Waals surface area (Å²) in [6.07, 6.45) is 4.04. The van der Waals surface area contributed by atoms with Crippen LogP contribution in [0.15, 0.2) is 23.7 Å². The number of thiazole rings is 1. The third-order valence-corrected chi connectivity index (χ3v) is 4.53. The van der Waals surface area contributed by atoms with Crippen molar-refractivity contribution in [2.24, 2.45) is 0 Å². The molecule has 0 radical (unpaired) electrons. The normalized spacial score (nSPS) is 11.8. The van der Waals surface area contributed by atoms with Crippen LogP contribution in [-0.4, -0.2) is 33.1 Å². The van der Waals surface area contributed by atoms with E-state index in [1.807, 2.05) is 20.8 Å². The monoisotopic (exact) mass is 362 g/mol. The second-order valence-electron chi connectivity index (χ2n) is 5.63. The van der Waals surface area contributed by atoms with Crippen molar-refractivity contribution in [1.82, 2.24) is 9.97 Å². The highest BCUT2D eigenvalue weighted by Crippen LogP contribution is 2.25. The number of nitrogens with zero attached hydrogens (tertiary/aromatic N) is 3. The largest absolute Gasteiger partial charge is 0.477 e. The van der Waals surface area contributed by atoms with Gasteiger partial charge in [-0.2, -0.15) is 0 Å². The summed E-state index contributed by atoms with van der Waals surface area (Å²) in [5.74, 6) is -0.751. The van der Waals surface area contributed by atoms with Crippen LogP contribution in [0.1, 0.15) is 49.2 Å². The second kappa shape index (κ2) is 8.57. The minimum atomic E-state index is -1.12. The van der Waals surface area contributed by atoms with E-state index in [1.54, 1.807) is 22.5 Å². The summed E-state index contributed by atoms with van der Waals surface area (Å²) in [5.41, 5.74) is 0.660. The Hall–Kier alpha value is -2.48. The topological polar surface area (TPSA) is 95.4 Å². The molecule has 0 aliphatic rings. The van der Waals surface area contributed by atoms with Crippen molar-refractivity contribution >= 4 is 34.3 Å². The SMILES string of the molecule is CCCC(CC)N(C(=O)Nc1nccs1)c1nc(C(=O)O)ccc1C. The van der Waals surface area contributed by atoms with Crippen LogP contribution in [0, 0.1) is 6.92 Å². The number of carboxylic acids is 1. The molecule has 0 fully saturated rings. The number of carboxylic acid groups (broad SMARTS) is 1. The van der Waals surface area contributed by atoms with E-state index in [1.165, 1.54) is 17.4 Å². The number of hydrogen-bond acceptors (Lipinski definition) is 5. The number of nitrogens with one attached hydrogen (secondary N) is 1. The van der Waals surface area contributed by atoms with Gasteiger partial charge in [0.2, 0.25) is 0 Å². The van der Waals surface area contributed by atoms with Gasteiger partial charge in [-0.05, 0) is 31.4 Å². The summed E-state index contributed by atoms with van der Waals surface area (Å²) in [5, 5.41) is 14.3. The highest BCUT2D eigenvalue weighted by Gasteiger charge is 2.27. The molecule has 2 aromatic heterocycles. The predicted octanol–water partition coefficient (Wildman–Crippen LogP) is 4.16. The molecule has 0 spiro atoms. The van der Waals surface area contributed by atoms with Gasteiger partial charge in [-0.15, -0.1) is 11.3 Å². The molecule has 0 aliphatic carbocycles. The molecule has 0 aliphatic heterocycles. The number of carbonyl (C=O) groups excluding carboxylic acids is 1. The van der Waals surface area contributed by atoms with E-state index in [9.17, 15) is 14.7 Å². The lowest BCUT2D eigenvalue weighted by atomic mass is 10.1. The predicted molar refractivity (Wildman–Crippen MR) is 98.5 cm³/mol. The van der Waals surface area contributed by atoms with Crippen LogP contribution in [0.25, 0.3) is 0 Å². The molecule has 0 aromatic carbocycles. The zero-order chi connectivity index (χ0) is 18.4. The van der Waals surface area contributed by atoms with Gasteiger partial charge in [-0.3, -0.25) is 10.2 Å². The lowest BCUT2D eigenvalue weighted by molar-refractivity contribution is 0.0690. The van der Waals surface area contributed by atoms with Crippen molar-refractivity contribution < 1.29 is 14.7 Å². The van der Waals surface area contributed by atoms with Crippen molar-refractivity contribution in [3.8, 4) is 0 Å². The molecule has 0 saturated carbocycles. The Morgan fingerprint density at radius 1 is 1.36 bits per heavy atom. The highest BCUT2D eigenvalue weighted by atomic mass is 32.1. The first kappa shape index (κ1) is 18.9. The van der Waals surface area contributed by atoms with E-state index in [-0.39, 0.29) is 17.8 Å². The first-order valence-corrected chi connectivity index (χ1v) is 9.06. The van der Waals surface area contributed by atoms with Gasteiger partial charge in [0.15, 0.2) is 10.8 Å². The van der Waals surface area contributed by atoms with Crippen molar-refractivity contribution in [1.29, 1.82) is 0 Å². The molecule has 25 heavy (non-hydrogen) atoms. The number of carbonyl (C=O) groups is 2. The standard InChI is InChI=1S/C17H22N4O3S/c1-4-6-12(5-2)21(17(24)20-16-18-9-10-25-16)14-11(3)7-8-13(19-14)15(22)23/h7-10,12H,4-6H2,1-3H3,(H,22,23)(H,18,20,24). The molecule has 2 N–H and O–H groups in total. The van der Waals surface area contributed by atoms with Gasteiger partial charge in [0.25, 0.3) is 0 Å². The number of amides is 2. The number of aryl methyl sites for hydroxylation is 1.